The Balaban J connectivity index is 0.000000550. The van der Waals surface area contributed by atoms with Gasteiger partial charge in [0.15, 0.2) is 11.6 Å². The lowest BCUT2D eigenvalue weighted by molar-refractivity contribution is -0.135. The molecule has 0 saturated carbocycles. The number of nitrogens with two attached hydrogens (primary N) is 1. The van der Waals surface area contributed by atoms with E-state index in [0.717, 1.165) is 12.5 Å². The fraction of sp³-hybridized carbons (Fsp3) is 0.538. The van der Waals surface area contributed by atoms with Crippen LogP contribution in [0.3, 0.4) is 0 Å². The Hall–Kier alpha value is -3.41. The van der Waals surface area contributed by atoms with Crippen molar-refractivity contribution < 1.29 is 42.6 Å². The summed E-state index contributed by atoms with van der Waals surface area (Å²) in [5.41, 5.74) is 5.88. The number of rotatable bonds is 7. The molecule has 2 heterocycles. The summed E-state index contributed by atoms with van der Waals surface area (Å²) in [6, 6.07) is 0.548. The summed E-state index contributed by atoms with van der Waals surface area (Å²) in [5.74, 6) is -5.56. The first-order valence-corrected chi connectivity index (χ1v) is 12.2. The minimum atomic E-state index is -1.26. The Bertz CT molecular complexity index is 1070. The molecule has 0 unspecified atom stereocenters. The second-order valence-corrected chi connectivity index (χ2v) is 10.8. The molecule has 38 heavy (non-hydrogen) atoms. The molecule has 1 aromatic carbocycles. The molecular weight excluding hydrogens is 507 g/mol. The average Bonchev–Trinajstić information content (AvgIpc) is 3.36. The minimum Gasteiger partial charge on any atom is -0.478 e. The molecule has 2 amide bonds. The SMILES string of the molecule is CC(C)(C)CC(=O)N1C[C@@H]2CCN(C(=O)C[C@H](N)Cc3cc(F)c(F)cc3F)[C@@H]2C1.O=C(O)C=CC(=O)O. The molecule has 2 saturated heterocycles. The zero-order chi connectivity index (χ0) is 28.8. The molecule has 2 aliphatic rings. The molecule has 4 N–H and O–H groups in total. The van der Waals surface area contributed by atoms with Crippen LogP contribution in [-0.4, -0.2) is 75.5 Å². The lowest BCUT2D eigenvalue weighted by atomic mass is 9.91. The molecule has 3 rings (SSSR count). The zero-order valence-electron chi connectivity index (χ0n) is 21.6. The van der Waals surface area contributed by atoms with E-state index in [2.05, 4.69) is 0 Å². The first-order valence-electron chi connectivity index (χ1n) is 12.2. The van der Waals surface area contributed by atoms with E-state index in [1.54, 1.807) is 4.90 Å². The Morgan fingerprint density at radius 2 is 1.58 bits per heavy atom. The van der Waals surface area contributed by atoms with Crippen LogP contribution in [0.4, 0.5) is 13.2 Å². The second-order valence-electron chi connectivity index (χ2n) is 10.8. The van der Waals surface area contributed by atoms with Crippen LogP contribution in [-0.2, 0) is 25.6 Å². The van der Waals surface area contributed by atoms with Gasteiger partial charge in [-0.05, 0) is 29.9 Å². The van der Waals surface area contributed by atoms with Crippen molar-refractivity contribution in [3.63, 3.8) is 0 Å². The number of carbonyl (C=O) groups excluding carboxylic acids is 2. The lowest BCUT2D eigenvalue weighted by Gasteiger charge is -2.27. The summed E-state index contributed by atoms with van der Waals surface area (Å²) in [5, 5.41) is 15.6. The molecule has 2 fully saturated rings. The molecule has 0 aliphatic carbocycles. The number of amides is 2. The van der Waals surface area contributed by atoms with Gasteiger partial charge in [-0.1, -0.05) is 20.8 Å². The quantitative estimate of drug-likeness (QED) is 0.356. The van der Waals surface area contributed by atoms with Crippen LogP contribution < -0.4 is 5.73 Å². The average molecular weight is 542 g/mol. The standard InChI is InChI=1S/C22H30F3N3O2.C4H4O4/c1-22(2,3)10-21(30)27-11-13-4-5-28(19(13)12-27)20(29)8-15(26)6-14-7-17(24)18(25)9-16(14)23;5-3(6)1-2-4(7)8/h7,9,13,15,19H,4-6,8,10-12,26H2,1-3H3;1-2H,(H,5,6)(H,7,8)/t13-,15+,19+;/m0./s1. The van der Waals surface area contributed by atoms with E-state index in [1.807, 2.05) is 25.7 Å². The third kappa shape index (κ3) is 9.16. The molecule has 3 atom stereocenters. The first kappa shape index (κ1) is 30.8. The van der Waals surface area contributed by atoms with Gasteiger partial charge >= 0.3 is 11.9 Å². The Morgan fingerprint density at radius 3 is 2.13 bits per heavy atom. The van der Waals surface area contributed by atoms with Gasteiger partial charge in [-0.15, -0.1) is 0 Å². The maximum atomic E-state index is 13.8. The van der Waals surface area contributed by atoms with Crippen LogP contribution in [0, 0.1) is 28.8 Å². The van der Waals surface area contributed by atoms with E-state index < -0.39 is 35.4 Å². The van der Waals surface area contributed by atoms with Crippen LogP contribution in [0.5, 0.6) is 0 Å². The van der Waals surface area contributed by atoms with Gasteiger partial charge < -0.3 is 25.7 Å². The molecule has 0 aromatic heterocycles. The molecule has 0 bridgehead atoms. The molecule has 2 aliphatic heterocycles. The molecule has 1 aromatic rings. The van der Waals surface area contributed by atoms with E-state index in [1.165, 1.54) is 0 Å². The summed E-state index contributed by atoms with van der Waals surface area (Å²) in [6.07, 6.45) is 2.34. The van der Waals surface area contributed by atoms with Crippen molar-refractivity contribution >= 4 is 23.8 Å². The van der Waals surface area contributed by atoms with Gasteiger partial charge in [0.25, 0.3) is 0 Å². The third-order valence-electron chi connectivity index (χ3n) is 6.28. The number of nitrogens with zero attached hydrogens (tertiary/aromatic N) is 2. The van der Waals surface area contributed by atoms with Crippen molar-refractivity contribution in [1.82, 2.24) is 9.80 Å². The van der Waals surface area contributed by atoms with Crippen molar-refractivity contribution in [2.45, 2.75) is 58.5 Å². The van der Waals surface area contributed by atoms with Crippen LogP contribution in [0.25, 0.3) is 0 Å². The number of hydrogen-bond acceptors (Lipinski definition) is 5. The number of likely N-dealkylation sites (tertiary alicyclic amines) is 2. The lowest BCUT2D eigenvalue weighted by Crippen LogP contribution is -2.43. The summed E-state index contributed by atoms with van der Waals surface area (Å²) < 4.78 is 40.3. The van der Waals surface area contributed by atoms with Crippen molar-refractivity contribution in [2.75, 3.05) is 19.6 Å². The molecule has 9 nitrogen and oxygen atoms in total. The number of carboxylic acid groups (broad SMARTS) is 2. The van der Waals surface area contributed by atoms with Crippen LogP contribution in [0.2, 0.25) is 0 Å². The monoisotopic (exact) mass is 541 g/mol. The van der Waals surface area contributed by atoms with Crippen molar-refractivity contribution in [3.8, 4) is 0 Å². The van der Waals surface area contributed by atoms with Crippen LogP contribution >= 0.6 is 0 Å². The van der Waals surface area contributed by atoms with Gasteiger partial charge in [-0.2, -0.15) is 0 Å². The Labute approximate surface area is 219 Å². The zero-order valence-corrected chi connectivity index (χ0v) is 21.6. The van der Waals surface area contributed by atoms with E-state index in [4.69, 9.17) is 15.9 Å². The van der Waals surface area contributed by atoms with E-state index in [0.29, 0.717) is 44.3 Å². The van der Waals surface area contributed by atoms with E-state index >= 15 is 0 Å². The highest BCUT2D eigenvalue weighted by molar-refractivity contribution is 5.89. The number of benzene rings is 1. The van der Waals surface area contributed by atoms with Gasteiger partial charge in [-0.25, -0.2) is 22.8 Å². The van der Waals surface area contributed by atoms with Gasteiger partial charge in [0, 0.05) is 62.7 Å². The summed E-state index contributed by atoms with van der Waals surface area (Å²) in [6.45, 7) is 7.87. The van der Waals surface area contributed by atoms with Gasteiger partial charge in [-0.3, -0.25) is 9.59 Å². The molecule has 0 spiro atoms. The number of fused-ring (bicyclic) bond motifs is 1. The number of hydrogen-bond donors (Lipinski definition) is 3. The maximum Gasteiger partial charge on any atom is 0.328 e. The fourth-order valence-electron chi connectivity index (χ4n) is 4.60. The van der Waals surface area contributed by atoms with Crippen LogP contribution in [0.1, 0.15) is 45.6 Å². The van der Waals surface area contributed by atoms with Crippen LogP contribution in [0.15, 0.2) is 24.3 Å². The fourth-order valence-corrected chi connectivity index (χ4v) is 4.60. The van der Waals surface area contributed by atoms with Gasteiger partial charge in [0.2, 0.25) is 11.8 Å². The summed E-state index contributed by atoms with van der Waals surface area (Å²) in [7, 11) is 0. The maximum absolute atomic E-state index is 13.8. The number of carbonyl (C=O) groups is 4. The number of halogens is 3. The smallest absolute Gasteiger partial charge is 0.328 e. The van der Waals surface area contributed by atoms with E-state index in [9.17, 15) is 32.3 Å². The third-order valence-corrected chi connectivity index (χ3v) is 6.28. The first-order chi connectivity index (χ1) is 17.6. The van der Waals surface area contributed by atoms with Gasteiger partial charge in [0.05, 0.1) is 6.04 Å². The predicted molar refractivity (Wildman–Crippen MR) is 131 cm³/mol. The normalized spacial score (nSPS) is 19.7. The topological polar surface area (TPSA) is 141 Å². The predicted octanol–water partition coefficient (Wildman–Crippen LogP) is 2.57. The number of aliphatic carboxylic acids is 2. The molecular formula is C26H34F3N3O6. The van der Waals surface area contributed by atoms with Crippen molar-refractivity contribution in [2.24, 2.45) is 17.1 Å². The second kappa shape index (κ2) is 12.9. The Morgan fingerprint density at radius 1 is 1.00 bits per heavy atom. The van der Waals surface area contributed by atoms with Gasteiger partial charge in [0.1, 0.15) is 5.82 Å². The highest BCUT2D eigenvalue weighted by atomic mass is 19.2. The highest BCUT2D eigenvalue weighted by Crippen LogP contribution is 2.33. The molecule has 12 heteroatoms. The minimum absolute atomic E-state index is 0.0163. The van der Waals surface area contributed by atoms with Crippen molar-refractivity contribution in [3.05, 3.63) is 47.3 Å². The Kier molecular flexibility index (Phi) is 10.5. The van der Waals surface area contributed by atoms with Crippen molar-refractivity contribution in [1.29, 1.82) is 0 Å². The molecule has 210 valence electrons. The largest absolute Gasteiger partial charge is 0.478 e. The molecule has 0 radical (unpaired) electrons. The summed E-state index contributed by atoms with van der Waals surface area (Å²) >= 11 is 0. The summed E-state index contributed by atoms with van der Waals surface area (Å²) in [4.78, 5) is 48.1. The number of carboxylic acids is 2. The highest BCUT2D eigenvalue weighted by Gasteiger charge is 2.44. The van der Waals surface area contributed by atoms with E-state index in [-0.39, 0.29) is 47.6 Å².